The van der Waals surface area contributed by atoms with E-state index in [9.17, 15) is 4.79 Å². The molecule has 0 bridgehead atoms. The van der Waals surface area contributed by atoms with E-state index in [0.29, 0.717) is 35.6 Å². The predicted molar refractivity (Wildman–Crippen MR) is 81.0 cm³/mol. The fourth-order valence-electron chi connectivity index (χ4n) is 1.86. The van der Waals surface area contributed by atoms with Crippen LogP contribution in [0, 0.1) is 0 Å². The first-order chi connectivity index (χ1) is 10.6. The molecule has 0 amide bonds. The van der Waals surface area contributed by atoms with E-state index in [1.165, 1.54) is 11.3 Å². The zero-order valence-corrected chi connectivity index (χ0v) is 13.6. The van der Waals surface area contributed by atoms with Crippen molar-refractivity contribution in [3.8, 4) is 0 Å². The number of hydrogen-bond acceptors (Lipinski definition) is 7. The molecule has 2 aromatic rings. The Bertz CT molecular complexity index is 616. The Hall–Kier alpha value is -1.48. The molecule has 0 aliphatic rings. The molecule has 2 heterocycles. The number of carboxylic acids is 1. The van der Waals surface area contributed by atoms with Gasteiger partial charge in [0.1, 0.15) is 0 Å². The zero-order chi connectivity index (χ0) is 15.9. The molecule has 0 radical (unpaired) electrons. The molecular weight excluding hydrogens is 330 g/mol. The Morgan fingerprint density at radius 2 is 2.32 bits per heavy atom. The Morgan fingerprint density at radius 3 is 2.95 bits per heavy atom. The van der Waals surface area contributed by atoms with Crippen molar-refractivity contribution in [3.05, 3.63) is 33.1 Å². The average molecular weight is 346 g/mol. The molecule has 2 rings (SSSR count). The van der Waals surface area contributed by atoms with Gasteiger partial charge in [-0.3, -0.25) is 9.69 Å². The molecule has 0 unspecified atom stereocenters. The molecule has 1 N–H and O–H groups in total. The minimum Gasteiger partial charge on any atom is -0.480 e. The Balaban J connectivity index is 1.99. The summed E-state index contributed by atoms with van der Waals surface area (Å²) in [5.41, 5.74) is 0. The van der Waals surface area contributed by atoms with Crippen LogP contribution in [0.2, 0.25) is 4.34 Å². The molecule has 0 aliphatic carbocycles. The predicted octanol–water partition coefficient (Wildman–Crippen LogP) is 2.06. The molecule has 0 atom stereocenters. The highest BCUT2D eigenvalue weighted by molar-refractivity contribution is 7.16. The highest BCUT2D eigenvalue weighted by atomic mass is 35.5. The molecule has 0 spiro atoms. The molecular formula is C13H16ClN3O4S. The highest BCUT2D eigenvalue weighted by Gasteiger charge is 2.16. The number of carbonyl (C=O) groups is 1. The topological polar surface area (TPSA) is 88.7 Å². The second-order valence-electron chi connectivity index (χ2n) is 4.59. The third kappa shape index (κ3) is 5.38. The minimum absolute atomic E-state index is 0.120. The van der Waals surface area contributed by atoms with Crippen LogP contribution in [0.4, 0.5) is 0 Å². The van der Waals surface area contributed by atoms with E-state index in [2.05, 4.69) is 10.1 Å². The second kappa shape index (κ2) is 8.23. The van der Waals surface area contributed by atoms with Gasteiger partial charge in [0.2, 0.25) is 5.89 Å². The lowest BCUT2D eigenvalue weighted by molar-refractivity contribution is -0.138. The fraction of sp³-hybridized carbons (Fsp3) is 0.462. The summed E-state index contributed by atoms with van der Waals surface area (Å²) in [4.78, 5) is 17.9. The van der Waals surface area contributed by atoms with Crippen LogP contribution >= 0.6 is 22.9 Å². The van der Waals surface area contributed by atoms with Gasteiger partial charge in [-0.25, -0.2) is 0 Å². The van der Waals surface area contributed by atoms with Gasteiger partial charge in [-0.2, -0.15) is 4.98 Å². The van der Waals surface area contributed by atoms with E-state index in [0.717, 1.165) is 4.88 Å². The first-order valence-electron chi connectivity index (χ1n) is 6.55. The third-order valence-electron chi connectivity index (χ3n) is 2.77. The Morgan fingerprint density at radius 1 is 1.50 bits per heavy atom. The van der Waals surface area contributed by atoms with Gasteiger partial charge >= 0.3 is 5.97 Å². The largest absolute Gasteiger partial charge is 0.480 e. The van der Waals surface area contributed by atoms with Crippen LogP contribution < -0.4 is 0 Å². The second-order valence-corrected chi connectivity index (χ2v) is 6.39. The van der Waals surface area contributed by atoms with Crippen molar-refractivity contribution < 1.29 is 19.2 Å². The summed E-state index contributed by atoms with van der Waals surface area (Å²) in [5, 5.41) is 12.9. The molecule has 0 aromatic carbocycles. The zero-order valence-electron chi connectivity index (χ0n) is 12.0. The molecule has 120 valence electrons. The number of aliphatic carboxylic acids is 1. The van der Waals surface area contributed by atoms with Crippen LogP contribution in [-0.2, 0) is 29.0 Å². The van der Waals surface area contributed by atoms with Gasteiger partial charge in [0.25, 0.3) is 0 Å². The lowest BCUT2D eigenvalue weighted by Gasteiger charge is -2.16. The van der Waals surface area contributed by atoms with Crippen molar-refractivity contribution in [1.29, 1.82) is 0 Å². The van der Waals surface area contributed by atoms with Crippen LogP contribution in [-0.4, -0.2) is 46.4 Å². The third-order valence-corrected chi connectivity index (χ3v) is 3.98. The van der Waals surface area contributed by atoms with E-state index in [1.54, 1.807) is 18.1 Å². The number of carboxylic acid groups (broad SMARTS) is 1. The quantitative estimate of drug-likeness (QED) is 0.744. The SMILES string of the molecule is COCCc1noc(CN(CC(=O)O)Cc2ccc(Cl)s2)n1. The van der Waals surface area contributed by atoms with E-state index >= 15 is 0 Å². The first kappa shape index (κ1) is 16.9. The molecule has 0 fully saturated rings. The van der Waals surface area contributed by atoms with Gasteiger partial charge < -0.3 is 14.4 Å². The van der Waals surface area contributed by atoms with Gasteiger partial charge in [0, 0.05) is 25.0 Å². The molecule has 0 aliphatic heterocycles. The number of methoxy groups -OCH3 is 1. The fourth-order valence-corrected chi connectivity index (χ4v) is 2.99. The molecule has 22 heavy (non-hydrogen) atoms. The van der Waals surface area contributed by atoms with Crippen molar-refractivity contribution in [2.75, 3.05) is 20.3 Å². The molecule has 7 nitrogen and oxygen atoms in total. The van der Waals surface area contributed by atoms with Gasteiger partial charge in [0.15, 0.2) is 5.82 Å². The van der Waals surface area contributed by atoms with E-state index in [1.807, 2.05) is 6.07 Å². The molecule has 9 heteroatoms. The first-order valence-corrected chi connectivity index (χ1v) is 7.75. The molecule has 2 aromatic heterocycles. The summed E-state index contributed by atoms with van der Waals surface area (Å²) in [7, 11) is 1.60. The maximum absolute atomic E-state index is 11.0. The highest BCUT2D eigenvalue weighted by Crippen LogP contribution is 2.23. The summed E-state index contributed by atoms with van der Waals surface area (Å²) in [5.74, 6) is 0.0167. The lowest BCUT2D eigenvalue weighted by Crippen LogP contribution is -2.28. The van der Waals surface area contributed by atoms with Crippen LogP contribution in [0.15, 0.2) is 16.7 Å². The number of ether oxygens (including phenoxy) is 1. The van der Waals surface area contributed by atoms with Gasteiger partial charge in [-0.1, -0.05) is 16.8 Å². The van der Waals surface area contributed by atoms with Crippen LogP contribution in [0.25, 0.3) is 0 Å². The van der Waals surface area contributed by atoms with Crippen molar-refractivity contribution in [2.24, 2.45) is 0 Å². The van der Waals surface area contributed by atoms with Gasteiger partial charge in [0.05, 0.1) is 24.0 Å². The monoisotopic (exact) mass is 345 g/mol. The van der Waals surface area contributed by atoms with E-state index in [-0.39, 0.29) is 13.1 Å². The molecule has 0 saturated heterocycles. The van der Waals surface area contributed by atoms with Crippen LogP contribution in [0.5, 0.6) is 0 Å². The van der Waals surface area contributed by atoms with Crippen molar-refractivity contribution in [3.63, 3.8) is 0 Å². The van der Waals surface area contributed by atoms with Crippen LogP contribution in [0.1, 0.15) is 16.6 Å². The Kier molecular flexibility index (Phi) is 6.32. The van der Waals surface area contributed by atoms with Crippen molar-refractivity contribution >= 4 is 28.9 Å². The number of halogens is 1. The summed E-state index contributed by atoms with van der Waals surface area (Å²) < 4.78 is 10.8. The number of nitrogens with zero attached hydrogens (tertiary/aromatic N) is 3. The lowest BCUT2D eigenvalue weighted by atomic mass is 10.4. The summed E-state index contributed by atoms with van der Waals surface area (Å²) in [6, 6.07) is 3.66. The number of aromatic nitrogens is 2. The maximum Gasteiger partial charge on any atom is 0.317 e. The number of thiophene rings is 1. The maximum atomic E-state index is 11.0. The Labute approximate surface area is 136 Å². The minimum atomic E-state index is -0.915. The number of hydrogen-bond donors (Lipinski definition) is 1. The number of rotatable bonds is 9. The van der Waals surface area contributed by atoms with Crippen molar-refractivity contribution in [2.45, 2.75) is 19.5 Å². The van der Waals surface area contributed by atoms with Crippen LogP contribution in [0.3, 0.4) is 0 Å². The average Bonchev–Trinajstić information content (AvgIpc) is 3.05. The summed E-state index contributed by atoms with van der Waals surface area (Å²) in [6.07, 6.45) is 0.555. The standard InChI is InChI=1S/C13H16ClN3O4S/c1-20-5-4-11-15-12(21-16-11)7-17(8-13(18)19)6-9-2-3-10(14)22-9/h2-3H,4-8H2,1H3,(H,18,19). The normalized spacial score (nSPS) is 11.2. The summed E-state index contributed by atoms with van der Waals surface area (Å²) >= 11 is 7.31. The van der Waals surface area contributed by atoms with Gasteiger partial charge in [-0.15, -0.1) is 11.3 Å². The van der Waals surface area contributed by atoms with E-state index in [4.69, 9.17) is 26.0 Å². The molecule has 0 saturated carbocycles. The summed E-state index contributed by atoms with van der Waals surface area (Å²) in [6.45, 7) is 1.11. The van der Waals surface area contributed by atoms with E-state index < -0.39 is 5.97 Å². The van der Waals surface area contributed by atoms with Gasteiger partial charge in [-0.05, 0) is 12.1 Å². The smallest absolute Gasteiger partial charge is 0.317 e. The van der Waals surface area contributed by atoms with Crippen molar-refractivity contribution in [1.82, 2.24) is 15.0 Å².